The highest BCUT2D eigenvalue weighted by Crippen LogP contribution is 2.23. The molecule has 138 valence electrons. The van der Waals surface area contributed by atoms with Gasteiger partial charge in [0.15, 0.2) is 0 Å². The molecule has 0 saturated carbocycles. The van der Waals surface area contributed by atoms with Gasteiger partial charge in [-0.15, -0.1) is 0 Å². The van der Waals surface area contributed by atoms with Crippen LogP contribution in [0.1, 0.15) is 41.8 Å². The summed E-state index contributed by atoms with van der Waals surface area (Å²) >= 11 is 0. The van der Waals surface area contributed by atoms with E-state index in [0.717, 1.165) is 62.6 Å². The number of aryl methyl sites for hydroxylation is 3. The quantitative estimate of drug-likeness (QED) is 0.733. The average Bonchev–Trinajstić information content (AvgIpc) is 3.35. The summed E-state index contributed by atoms with van der Waals surface area (Å²) in [4.78, 5) is 2.46. The Kier molecular flexibility index (Phi) is 4.90. The van der Waals surface area contributed by atoms with Gasteiger partial charge in [0.05, 0.1) is 23.3 Å². The fraction of sp³-hybridized carbons (Fsp3) is 0.474. The first kappa shape index (κ1) is 17.1. The molecule has 1 aliphatic heterocycles. The van der Waals surface area contributed by atoms with E-state index in [4.69, 9.17) is 4.42 Å². The third-order valence-electron chi connectivity index (χ3n) is 5.01. The lowest BCUT2D eigenvalue weighted by Gasteiger charge is -2.19. The van der Waals surface area contributed by atoms with Crippen LogP contribution < -0.4 is 0 Å². The van der Waals surface area contributed by atoms with Crippen molar-refractivity contribution in [3.8, 4) is 0 Å². The lowest BCUT2D eigenvalue weighted by atomic mass is 10.1. The molecule has 3 aromatic rings. The predicted molar refractivity (Wildman–Crippen MR) is 96.4 cm³/mol. The molecule has 0 radical (unpaired) electrons. The Morgan fingerprint density at radius 1 is 1.31 bits per heavy atom. The third-order valence-corrected chi connectivity index (χ3v) is 5.01. The predicted octanol–water partition coefficient (Wildman–Crippen LogP) is 2.13. The summed E-state index contributed by atoms with van der Waals surface area (Å²) in [6, 6.07) is 7.83. The van der Waals surface area contributed by atoms with Gasteiger partial charge >= 0.3 is 0 Å². The maximum atomic E-state index is 10.6. The molecule has 4 heterocycles. The van der Waals surface area contributed by atoms with Crippen molar-refractivity contribution in [1.82, 2.24) is 24.5 Å². The summed E-state index contributed by atoms with van der Waals surface area (Å²) in [6.07, 6.45) is 5.79. The van der Waals surface area contributed by atoms with Gasteiger partial charge in [0.25, 0.3) is 0 Å². The van der Waals surface area contributed by atoms with Crippen LogP contribution in [0.15, 0.2) is 41.1 Å². The molecule has 0 aromatic carbocycles. The zero-order chi connectivity index (χ0) is 17.9. The Morgan fingerprint density at radius 2 is 2.23 bits per heavy atom. The summed E-state index contributed by atoms with van der Waals surface area (Å²) < 4.78 is 9.14. The van der Waals surface area contributed by atoms with Gasteiger partial charge in [-0.2, -0.15) is 10.2 Å². The van der Waals surface area contributed by atoms with Crippen molar-refractivity contribution in [1.29, 1.82) is 0 Å². The van der Waals surface area contributed by atoms with E-state index in [1.165, 1.54) is 0 Å². The Balaban J connectivity index is 1.41. The molecule has 0 bridgehead atoms. The summed E-state index contributed by atoms with van der Waals surface area (Å²) in [5.74, 6) is 1.05. The van der Waals surface area contributed by atoms with Crippen molar-refractivity contribution >= 4 is 0 Å². The standard InChI is InChI=1S/C19H25N5O2/c1-22-18(7-8-20-22)19(25)17-13-15-14-23(10-4-11-24(15)21-17)9-2-5-16-6-3-12-26-16/h3,6-8,12-13,19,25H,2,4-5,9-11,14H2,1H3/t19-/m0/s1. The lowest BCUT2D eigenvalue weighted by Crippen LogP contribution is -2.24. The number of hydrogen-bond acceptors (Lipinski definition) is 5. The minimum absolute atomic E-state index is 0.695. The van der Waals surface area contributed by atoms with Gasteiger partial charge in [0, 0.05) is 39.3 Å². The molecule has 0 unspecified atom stereocenters. The number of aliphatic hydroxyl groups is 1. The highest BCUT2D eigenvalue weighted by atomic mass is 16.3. The molecule has 1 atom stereocenters. The van der Waals surface area contributed by atoms with E-state index in [1.807, 2.05) is 36.0 Å². The molecule has 0 amide bonds. The van der Waals surface area contributed by atoms with Crippen LogP contribution in [0.25, 0.3) is 0 Å². The van der Waals surface area contributed by atoms with Gasteiger partial charge in [0.1, 0.15) is 11.9 Å². The molecule has 4 rings (SSSR count). The SMILES string of the molecule is Cn1nccc1[C@@H](O)c1cc2n(n1)CCCN(CCCc1ccco1)C2. The molecule has 1 aliphatic rings. The smallest absolute Gasteiger partial charge is 0.139 e. The third kappa shape index (κ3) is 3.59. The second kappa shape index (κ2) is 7.47. The van der Waals surface area contributed by atoms with E-state index in [2.05, 4.69) is 15.1 Å². The minimum Gasteiger partial charge on any atom is -0.469 e. The molecule has 7 heteroatoms. The Hall–Kier alpha value is -2.38. The molecule has 0 fully saturated rings. The summed E-state index contributed by atoms with van der Waals surface area (Å²) in [6.45, 7) is 3.86. The highest BCUT2D eigenvalue weighted by molar-refractivity contribution is 5.21. The number of hydrogen-bond donors (Lipinski definition) is 1. The normalized spacial score (nSPS) is 16.4. The Bertz CT molecular complexity index is 836. The van der Waals surface area contributed by atoms with Gasteiger partial charge < -0.3 is 9.52 Å². The number of aliphatic hydroxyl groups excluding tert-OH is 1. The van der Waals surface area contributed by atoms with Gasteiger partial charge in [0.2, 0.25) is 0 Å². The zero-order valence-corrected chi connectivity index (χ0v) is 15.1. The number of aromatic nitrogens is 4. The van der Waals surface area contributed by atoms with Crippen molar-refractivity contribution in [2.75, 3.05) is 13.1 Å². The Labute approximate surface area is 152 Å². The van der Waals surface area contributed by atoms with Gasteiger partial charge in [-0.25, -0.2) is 0 Å². The van der Waals surface area contributed by atoms with Crippen molar-refractivity contribution in [2.24, 2.45) is 7.05 Å². The molecule has 3 aromatic heterocycles. The molecular weight excluding hydrogens is 330 g/mol. The van der Waals surface area contributed by atoms with Gasteiger partial charge in [-0.05, 0) is 43.7 Å². The zero-order valence-electron chi connectivity index (χ0n) is 15.1. The van der Waals surface area contributed by atoms with Crippen LogP contribution in [0.4, 0.5) is 0 Å². The minimum atomic E-state index is -0.741. The van der Waals surface area contributed by atoms with E-state index in [0.29, 0.717) is 5.69 Å². The van der Waals surface area contributed by atoms with Crippen LogP contribution in [-0.4, -0.2) is 42.7 Å². The largest absolute Gasteiger partial charge is 0.469 e. The lowest BCUT2D eigenvalue weighted by molar-refractivity contribution is 0.203. The molecule has 26 heavy (non-hydrogen) atoms. The first-order valence-electron chi connectivity index (χ1n) is 9.18. The number of furan rings is 1. The highest BCUT2D eigenvalue weighted by Gasteiger charge is 2.22. The Morgan fingerprint density at radius 3 is 3.00 bits per heavy atom. The van der Waals surface area contributed by atoms with Gasteiger partial charge in [-0.3, -0.25) is 14.3 Å². The fourth-order valence-electron chi connectivity index (χ4n) is 3.61. The van der Waals surface area contributed by atoms with Crippen LogP contribution >= 0.6 is 0 Å². The van der Waals surface area contributed by atoms with Crippen molar-refractivity contribution < 1.29 is 9.52 Å². The van der Waals surface area contributed by atoms with Gasteiger partial charge in [-0.1, -0.05) is 0 Å². The van der Waals surface area contributed by atoms with Crippen LogP contribution in [0, 0.1) is 0 Å². The first-order chi connectivity index (χ1) is 12.7. The van der Waals surface area contributed by atoms with Crippen LogP contribution in [-0.2, 0) is 26.6 Å². The van der Waals surface area contributed by atoms with E-state index in [1.54, 1.807) is 17.1 Å². The maximum Gasteiger partial charge on any atom is 0.139 e. The van der Waals surface area contributed by atoms with E-state index in [-0.39, 0.29) is 0 Å². The molecule has 1 N–H and O–H groups in total. The van der Waals surface area contributed by atoms with E-state index >= 15 is 0 Å². The molecule has 0 saturated heterocycles. The van der Waals surface area contributed by atoms with Crippen LogP contribution in [0.2, 0.25) is 0 Å². The topological polar surface area (TPSA) is 72.2 Å². The summed E-state index contributed by atoms with van der Waals surface area (Å²) in [5, 5.41) is 19.4. The molecule has 7 nitrogen and oxygen atoms in total. The average molecular weight is 355 g/mol. The molecular formula is C19H25N5O2. The van der Waals surface area contributed by atoms with Crippen LogP contribution in [0.5, 0.6) is 0 Å². The number of rotatable bonds is 6. The van der Waals surface area contributed by atoms with E-state index in [9.17, 15) is 5.11 Å². The first-order valence-corrected chi connectivity index (χ1v) is 9.18. The van der Waals surface area contributed by atoms with Crippen molar-refractivity contribution in [2.45, 2.75) is 38.5 Å². The number of fused-ring (bicyclic) bond motifs is 1. The van der Waals surface area contributed by atoms with Crippen molar-refractivity contribution in [3.63, 3.8) is 0 Å². The second-order valence-electron chi connectivity index (χ2n) is 6.88. The summed E-state index contributed by atoms with van der Waals surface area (Å²) in [7, 11) is 1.83. The summed E-state index contributed by atoms with van der Waals surface area (Å²) in [5.41, 5.74) is 2.62. The fourth-order valence-corrected chi connectivity index (χ4v) is 3.61. The second-order valence-corrected chi connectivity index (χ2v) is 6.88. The number of nitrogens with zero attached hydrogens (tertiary/aromatic N) is 5. The van der Waals surface area contributed by atoms with Crippen LogP contribution in [0.3, 0.4) is 0 Å². The van der Waals surface area contributed by atoms with E-state index < -0.39 is 6.10 Å². The maximum absolute atomic E-state index is 10.6. The molecule has 0 spiro atoms. The monoisotopic (exact) mass is 355 g/mol. The van der Waals surface area contributed by atoms with Crippen molar-refractivity contribution in [3.05, 3.63) is 59.6 Å². The molecule has 0 aliphatic carbocycles.